The fourth-order valence-electron chi connectivity index (χ4n) is 2.19. The molecule has 0 aromatic heterocycles. The van der Waals surface area contributed by atoms with Gasteiger partial charge in [0.1, 0.15) is 5.82 Å². The van der Waals surface area contributed by atoms with Crippen molar-refractivity contribution in [1.29, 1.82) is 0 Å². The largest absolute Gasteiger partial charge is 0.478 e. The van der Waals surface area contributed by atoms with E-state index < -0.39 is 11.8 Å². The lowest BCUT2D eigenvalue weighted by molar-refractivity contribution is -0.110. The summed E-state index contributed by atoms with van der Waals surface area (Å²) in [5, 5.41) is 11.5. The second kappa shape index (κ2) is 4.86. The summed E-state index contributed by atoms with van der Waals surface area (Å²) in [7, 11) is 0. The van der Waals surface area contributed by atoms with Crippen LogP contribution in [0.5, 0.6) is 0 Å². The topological polar surface area (TPSA) is 66.4 Å². The minimum atomic E-state index is -1.01. The summed E-state index contributed by atoms with van der Waals surface area (Å²) in [4.78, 5) is 22.7. The average molecular weight is 283 g/mol. The van der Waals surface area contributed by atoms with Gasteiger partial charge in [0.15, 0.2) is 0 Å². The Morgan fingerprint density at radius 3 is 2.52 bits per heavy atom. The van der Waals surface area contributed by atoms with E-state index in [1.165, 1.54) is 30.3 Å². The van der Waals surface area contributed by atoms with Crippen LogP contribution in [0.3, 0.4) is 0 Å². The van der Waals surface area contributed by atoms with Crippen molar-refractivity contribution in [3.05, 3.63) is 65.0 Å². The molecule has 21 heavy (non-hydrogen) atoms. The van der Waals surface area contributed by atoms with Gasteiger partial charge in [0.05, 0.1) is 5.56 Å². The lowest BCUT2D eigenvalue weighted by Crippen LogP contribution is -2.03. The van der Waals surface area contributed by atoms with Crippen LogP contribution in [0.2, 0.25) is 0 Å². The summed E-state index contributed by atoms with van der Waals surface area (Å²) in [5.41, 5.74) is 2.26. The summed E-state index contributed by atoms with van der Waals surface area (Å²) in [6.45, 7) is 0. The Bertz CT molecular complexity index is 779. The smallest absolute Gasteiger partial charge is 0.335 e. The van der Waals surface area contributed by atoms with Crippen LogP contribution in [0.4, 0.5) is 10.1 Å². The van der Waals surface area contributed by atoms with Gasteiger partial charge in [-0.05, 0) is 42.0 Å². The number of carbonyl (C=O) groups excluding carboxylic acids is 1. The number of rotatable bonds is 2. The van der Waals surface area contributed by atoms with Gasteiger partial charge in [0.25, 0.3) is 5.91 Å². The van der Waals surface area contributed by atoms with Crippen LogP contribution in [-0.4, -0.2) is 17.0 Å². The lowest BCUT2D eigenvalue weighted by atomic mass is 10.0. The number of aromatic carboxylic acids is 1. The number of nitrogens with one attached hydrogen (secondary N) is 1. The Labute approximate surface area is 119 Å². The van der Waals surface area contributed by atoms with Crippen molar-refractivity contribution in [1.82, 2.24) is 0 Å². The van der Waals surface area contributed by atoms with Crippen LogP contribution in [0.25, 0.3) is 11.6 Å². The fraction of sp³-hybridized carbons (Fsp3) is 0. The zero-order valence-electron chi connectivity index (χ0n) is 10.8. The van der Waals surface area contributed by atoms with Crippen LogP contribution in [0.1, 0.15) is 21.5 Å². The van der Waals surface area contributed by atoms with E-state index in [4.69, 9.17) is 5.11 Å². The van der Waals surface area contributed by atoms with Gasteiger partial charge in [-0.3, -0.25) is 4.79 Å². The second-order valence-corrected chi connectivity index (χ2v) is 4.63. The molecule has 0 unspecified atom stereocenters. The van der Waals surface area contributed by atoms with Gasteiger partial charge in [0, 0.05) is 16.8 Å². The second-order valence-electron chi connectivity index (χ2n) is 4.63. The summed E-state index contributed by atoms with van der Waals surface area (Å²) in [5.74, 6) is -1.74. The molecule has 0 radical (unpaired) electrons. The highest BCUT2D eigenvalue weighted by Gasteiger charge is 2.24. The molecule has 2 aromatic carbocycles. The monoisotopic (exact) mass is 283 g/mol. The first kappa shape index (κ1) is 13.1. The molecule has 1 heterocycles. The van der Waals surface area contributed by atoms with Crippen LogP contribution >= 0.6 is 0 Å². The first-order chi connectivity index (χ1) is 10.0. The summed E-state index contributed by atoms with van der Waals surface area (Å²) >= 11 is 0. The van der Waals surface area contributed by atoms with Crippen molar-refractivity contribution in [3.8, 4) is 0 Å². The minimum Gasteiger partial charge on any atom is -0.478 e. The van der Waals surface area contributed by atoms with Crippen molar-refractivity contribution >= 4 is 29.2 Å². The average Bonchev–Trinajstić information content (AvgIpc) is 2.76. The molecule has 4 nitrogen and oxygen atoms in total. The molecular weight excluding hydrogens is 273 g/mol. The number of anilines is 1. The molecule has 0 atom stereocenters. The summed E-state index contributed by atoms with van der Waals surface area (Å²) in [6, 6.07) is 10.2. The maximum absolute atomic E-state index is 13.3. The first-order valence-electron chi connectivity index (χ1n) is 6.21. The van der Waals surface area contributed by atoms with Crippen LogP contribution in [0, 0.1) is 5.82 Å². The quantitative estimate of drug-likeness (QED) is 0.832. The van der Waals surface area contributed by atoms with Gasteiger partial charge in [-0.15, -0.1) is 0 Å². The van der Waals surface area contributed by atoms with Crippen LogP contribution in [0.15, 0.2) is 42.5 Å². The molecule has 0 saturated heterocycles. The predicted octanol–water partition coefficient (Wildman–Crippen LogP) is 3.02. The van der Waals surface area contributed by atoms with Crippen molar-refractivity contribution in [2.75, 3.05) is 5.32 Å². The SMILES string of the molecule is O=C1Nc2ccc(F)cc2/C1=C/c1ccc(C(=O)O)cc1. The molecule has 1 aliphatic heterocycles. The van der Waals surface area contributed by atoms with Crippen molar-refractivity contribution < 1.29 is 19.1 Å². The van der Waals surface area contributed by atoms with Gasteiger partial charge in [-0.25, -0.2) is 9.18 Å². The van der Waals surface area contributed by atoms with Gasteiger partial charge in [0.2, 0.25) is 0 Å². The third kappa shape index (κ3) is 2.41. The van der Waals surface area contributed by atoms with Crippen molar-refractivity contribution in [2.24, 2.45) is 0 Å². The maximum atomic E-state index is 13.3. The molecule has 0 fully saturated rings. The van der Waals surface area contributed by atoms with E-state index in [2.05, 4.69) is 5.32 Å². The molecule has 0 spiro atoms. The van der Waals surface area contributed by atoms with E-state index >= 15 is 0 Å². The lowest BCUT2D eigenvalue weighted by Gasteiger charge is -2.00. The maximum Gasteiger partial charge on any atom is 0.335 e. The number of halogens is 1. The third-order valence-corrected chi connectivity index (χ3v) is 3.23. The number of amides is 1. The highest BCUT2D eigenvalue weighted by Crippen LogP contribution is 2.33. The highest BCUT2D eigenvalue weighted by atomic mass is 19.1. The number of carboxylic acid groups (broad SMARTS) is 1. The van der Waals surface area contributed by atoms with E-state index in [9.17, 15) is 14.0 Å². The van der Waals surface area contributed by atoms with E-state index in [1.807, 2.05) is 0 Å². The highest BCUT2D eigenvalue weighted by molar-refractivity contribution is 6.34. The molecule has 1 aliphatic rings. The first-order valence-corrected chi connectivity index (χ1v) is 6.21. The van der Waals surface area contributed by atoms with E-state index in [1.54, 1.807) is 18.2 Å². The minimum absolute atomic E-state index is 0.166. The van der Waals surface area contributed by atoms with Gasteiger partial charge < -0.3 is 10.4 Å². The van der Waals surface area contributed by atoms with E-state index in [-0.39, 0.29) is 11.5 Å². The van der Waals surface area contributed by atoms with Crippen LogP contribution < -0.4 is 5.32 Å². The van der Waals surface area contributed by atoms with Crippen LogP contribution in [-0.2, 0) is 4.79 Å². The number of carbonyl (C=O) groups is 2. The standard InChI is InChI=1S/C16H10FNO3/c17-11-5-6-14-12(8-11)13(15(19)18-14)7-9-1-3-10(4-2-9)16(20)21/h1-8H,(H,18,19)(H,20,21)/b13-7-. The van der Waals surface area contributed by atoms with E-state index in [0.717, 1.165) is 0 Å². The molecule has 2 aromatic rings. The number of benzene rings is 2. The number of carboxylic acids is 1. The Kier molecular flexibility index (Phi) is 3.02. The molecule has 2 N–H and O–H groups in total. The fourth-order valence-corrected chi connectivity index (χ4v) is 2.19. The molecule has 0 bridgehead atoms. The Morgan fingerprint density at radius 2 is 1.86 bits per heavy atom. The normalized spacial score (nSPS) is 14.9. The van der Waals surface area contributed by atoms with Gasteiger partial charge in [-0.1, -0.05) is 12.1 Å². The Morgan fingerprint density at radius 1 is 1.14 bits per heavy atom. The number of hydrogen-bond acceptors (Lipinski definition) is 2. The number of fused-ring (bicyclic) bond motifs is 1. The third-order valence-electron chi connectivity index (χ3n) is 3.23. The molecular formula is C16H10FNO3. The summed E-state index contributed by atoms with van der Waals surface area (Å²) in [6.07, 6.45) is 1.60. The van der Waals surface area contributed by atoms with Crippen molar-refractivity contribution in [2.45, 2.75) is 0 Å². The zero-order valence-corrected chi connectivity index (χ0v) is 10.8. The molecule has 1 amide bonds. The molecule has 0 saturated carbocycles. The summed E-state index contributed by atoms with van der Waals surface area (Å²) < 4.78 is 13.3. The molecule has 3 rings (SSSR count). The van der Waals surface area contributed by atoms with Gasteiger partial charge in [-0.2, -0.15) is 0 Å². The number of hydrogen-bond donors (Lipinski definition) is 2. The molecule has 5 heteroatoms. The van der Waals surface area contributed by atoms with Gasteiger partial charge >= 0.3 is 5.97 Å². The molecule has 0 aliphatic carbocycles. The Hall–Kier alpha value is -2.95. The predicted molar refractivity (Wildman–Crippen MR) is 76.3 cm³/mol. The van der Waals surface area contributed by atoms with Crippen molar-refractivity contribution in [3.63, 3.8) is 0 Å². The zero-order chi connectivity index (χ0) is 15.0. The van der Waals surface area contributed by atoms with E-state index in [0.29, 0.717) is 22.4 Å². The molecule has 104 valence electrons. The Balaban J connectivity index is 2.02.